The van der Waals surface area contributed by atoms with Crippen LogP contribution in [0.3, 0.4) is 0 Å². The monoisotopic (exact) mass is 222 g/mol. The maximum absolute atomic E-state index is 11.4. The molecule has 0 saturated heterocycles. The summed E-state index contributed by atoms with van der Waals surface area (Å²) in [7, 11) is 1.92. The van der Waals surface area contributed by atoms with Gasteiger partial charge in [-0.3, -0.25) is 4.79 Å². The quantitative estimate of drug-likeness (QED) is 0.664. The summed E-state index contributed by atoms with van der Waals surface area (Å²) >= 11 is 0. The molecule has 0 aliphatic rings. The van der Waals surface area contributed by atoms with Crippen LogP contribution < -0.4 is 11.1 Å². The predicted octanol–water partition coefficient (Wildman–Crippen LogP) is -0.0178. The molecule has 5 nitrogen and oxygen atoms in total. The lowest BCUT2D eigenvalue weighted by molar-refractivity contribution is -0.122. The van der Waals surface area contributed by atoms with Gasteiger partial charge in [-0.1, -0.05) is 6.08 Å². The minimum absolute atomic E-state index is 0.144. The molecule has 0 bridgehead atoms. The Bertz CT molecular complexity index is 359. The van der Waals surface area contributed by atoms with Crippen molar-refractivity contribution in [1.29, 1.82) is 0 Å². The molecule has 1 aromatic heterocycles. The van der Waals surface area contributed by atoms with E-state index in [1.54, 1.807) is 12.3 Å². The maximum Gasteiger partial charge on any atom is 0.237 e. The van der Waals surface area contributed by atoms with E-state index in [9.17, 15) is 4.79 Å². The van der Waals surface area contributed by atoms with Crippen molar-refractivity contribution in [1.82, 2.24) is 14.9 Å². The first-order chi connectivity index (χ1) is 7.65. The summed E-state index contributed by atoms with van der Waals surface area (Å²) in [6.45, 7) is 4.09. The SMILES string of the molecule is C=CCC(N)C(=O)NCCc1nccn1C. The molecule has 3 N–H and O–H groups in total. The first kappa shape index (κ1) is 12.4. The van der Waals surface area contributed by atoms with E-state index in [0.29, 0.717) is 19.4 Å². The van der Waals surface area contributed by atoms with Crippen LogP contribution in [-0.2, 0) is 18.3 Å². The summed E-state index contributed by atoms with van der Waals surface area (Å²) in [5.74, 6) is 0.798. The normalized spacial score (nSPS) is 12.1. The van der Waals surface area contributed by atoms with Gasteiger partial charge in [0.2, 0.25) is 5.91 Å². The molecule has 0 fully saturated rings. The van der Waals surface area contributed by atoms with Crippen molar-refractivity contribution in [3.8, 4) is 0 Å². The van der Waals surface area contributed by atoms with Crippen molar-refractivity contribution in [2.45, 2.75) is 18.9 Å². The van der Waals surface area contributed by atoms with E-state index in [1.165, 1.54) is 0 Å². The van der Waals surface area contributed by atoms with Crippen LogP contribution in [0.1, 0.15) is 12.2 Å². The van der Waals surface area contributed by atoms with Crippen molar-refractivity contribution >= 4 is 5.91 Å². The van der Waals surface area contributed by atoms with E-state index in [-0.39, 0.29) is 5.91 Å². The van der Waals surface area contributed by atoms with Crippen molar-refractivity contribution < 1.29 is 4.79 Å². The number of carbonyl (C=O) groups is 1. The fourth-order valence-corrected chi connectivity index (χ4v) is 1.35. The number of hydrogen-bond acceptors (Lipinski definition) is 3. The zero-order chi connectivity index (χ0) is 12.0. The number of hydrogen-bond donors (Lipinski definition) is 2. The molecule has 1 rings (SSSR count). The third kappa shape index (κ3) is 3.51. The van der Waals surface area contributed by atoms with Crippen LogP contribution >= 0.6 is 0 Å². The van der Waals surface area contributed by atoms with Gasteiger partial charge in [0.05, 0.1) is 6.04 Å². The van der Waals surface area contributed by atoms with E-state index in [0.717, 1.165) is 5.82 Å². The number of rotatable bonds is 6. The number of carbonyl (C=O) groups excluding carboxylic acids is 1. The number of nitrogens with one attached hydrogen (secondary N) is 1. The van der Waals surface area contributed by atoms with Gasteiger partial charge in [0, 0.05) is 32.4 Å². The van der Waals surface area contributed by atoms with Crippen molar-refractivity contribution in [2.75, 3.05) is 6.54 Å². The largest absolute Gasteiger partial charge is 0.354 e. The molecule has 1 amide bonds. The van der Waals surface area contributed by atoms with Gasteiger partial charge < -0.3 is 15.6 Å². The molecule has 0 saturated carbocycles. The van der Waals surface area contributed by atoms with Gasteiger partial charge in [-0.2, -0.15) is 0 Å². The van der Waals surface area contributed by atoms with Crippen molar-refractivity contribution in [2.24, 2.45) is 12.8 Å². The summed E-state index contributed by atoms with van der Waals surface area (Å²) < 4.78 is 1.93. The Morgan fingerprint density at radius 3 is 3.12 bits per heavy atom. The molecule has 0 radical (unpaired) electrons. The topological polar surface area (TPSA) is 72.9 Å². The Hall–Kier alpha value is -1.62. The van der Waals surface area contributed by atoms with E-state index in [4.69, 9.17) is 5.73 Å². The molecular weight excluding hydrogens is 204 g/mol. The Morgan fingerprint density at radius 2 is 2.56 bits per heavy atom. The number of aryl methyl sites for hydroxylation is 1. The highest BCUT2D eigenvalue weighted by molar-refractivity contribution is 5.81. The molecule has 0 spiro atoms. The van der Waals surface area contributed by atoms with Crippen molar-refractivity contribution in [3.63, 3.8) is 0 Å². The van der Waals surface area contributed by atoms with E-state index in [1.807, 2.05) is 17.8 Å². The second-order valence-corrected chi connectivity index (χ2v) is 3.63. The Kier molecular flexibility index (Phi) is 4.72. The minimum Gasteiger partial charge on any atom is -0.354 e. The van der Waals surface area contributed by atoms with Crippen LogP contribution in [0, 0.1) is 0 Å². The van der Waals surface area contributed by atoms with Crippen LogP contribution in [0.2, 0.25) is 0 Å². The molecule has 1 aromatic rings. The van der Waals surface area contributed by atoms with Crippen LogP contribution in [0.4, 0.5) is 0 Å². The maximum atomic E-state index is 11.4. The smallest absolute Gasteiger partial charge is 0.237 e. The first-order valence-corrected chi connectivity index (χ1v) is 5.25. The number of imidazole rings is 1. The summed E-state index contributed by atoms with van der Waals surface area (Å²) in [5, 5.41) is 2.77. The number of nitrogens with two attached hydrogens (primary N) is 1. The standard InChI is InChI=1S/C11H18N4O/c1-3-4-9(12)11(16)14-6-5-10-13-7-8-15(10)2/h3,7-9H,1,4-6,12H2,2H3,(H,14,16). The summed E-state index contributed by atoms with van der Waals surface area (Å²) in [5.41, 5.74) is 5.61. The van der Waals surface area contributed by atoms with Crippen molar-refractivity contribution in [3.05, 3.63) is 30.9 Å². The predicted molar refractivity (Wildman–Crippen MR) is 62.7 cm³/mol. The Labute approximate surface area is 95.4 Å². The lowest BCUT2D eigenvalue weighted by atomic mass is 10.2. The first-order valence-electron chi connectivity index (χ1n) is 5.25. The second-order valence-electron chi connectivity index (χ2n) is 3.63. The number of nitrogens with zero attached hydrogens (tertiary/aromatic N) is 2. The average Bonchev–Trinajstić information content (AvgIpc) is 2.65. The summed E-state index contributed by atoms with van der Waals surface area (Å²) in [6.07, 6.45) is 6.45. The highest BCUT2D eigenvalue weighted by Crippen LogP contribution is 1.94. The highest BCUT2D eigenvalue weighted by Gasteiger charge is 2.10. The van der Waals surface area contributed by atoms with Crippen LogP contribution in [-0.4, -0.2) is 28.0 Å². The fraction of sp³-hybridized carbons (Fsp3) is 0.455. The summed E-state index contributed by atoms with van der Waals surface area (Å²) in [4.78, 5) is 15.6. The zero-order valence-electron chi connectivity index (χ0n) is 9.52. The Balaban J connectivity index is 2.28. The molecule has 0 aliphatic heterocycles. The molecule has 1 heterocycles. The molecule has 1 atom stereocenters. The molecule has 0 aliphatic carbocycles. The van der Waals surface area contributed by atoms with Gasteiger partial charge in [-0.15, -0.1) is 6.58 Å². The van der Waals surface area contributed by atoms with Gasteiger partial charge in [0.1, 0.15) is 5.82 Å². The zero-order valence-corrected chi connectivity index (χ0v) is 9.52. The second kappa shape index (κ2) is 6.07. The fourth-order valence-electron chi connectivity index (χ4n) is 1.35. The third-order valence-corrected chi connectivity index (χ3v) is 2.33. The number of aromatic nitrogens is 2. The van der Waals surface area contributed by atoms with E-state index >= 15 is 0 Å². The molecular formula is C11H18N4O. The highest BCUT2D eigenvalue weighted by atomic mass is 16.2. The number of amides is 1. The van der Waals surface area contributed by atoms with Gasteiger partial charge in [0.15, 0.2) is 0 Å². The van der Waals surface area contributed by atoms with Gasteiger partial charge >= 0.3 is 0 Å². The average molecular weight is 222 g/mol. The third-order valence-electron chi connectivity index (χ3n) is 2.33. The molecule has 88 valence electrons. The lowest BCUT2D eigenvalue weighted by Gasteiger charge is -2.09. The van der Waals surface area contributed by atoms with Crippen LogP contribution in [0.25, 0.3) is 0 Å². The molecule has 16 heavy (non-hydrogen) atoms. The molecule has 0 aromatic carbocycles. The van der Waals surface area contributed by atoms with E-state index < -0.39 is 6.04 Å². The van der Waals surface area contributed by atoms with Gasteiger partial charge in [-0.25, -0.2) is 4.98 Å². The summed E-state index contributed by atoms with van der Waals surface area (Å²) in [6, 6.07) is -0.501. The van der Waals surface area contributed by atoms with E-state index in [2.05, 4.69) is 16.9 Å². The Morgan fingerprint density at radius 1 is 1.81 bits per heavy atom. The van der Waals surface area contributed by atoms with Gasteiger partial charge in [-0.05, 0) is 6.42 Å². The molecule has 1 unspecified atom stereocenters. The minimum atomic E-state index is -0.501. The van der Waals surface area contributed by atoms with Crippen LogP contribution in [0.15, 0.2) is 25.0 Å². The lowest BCUT2D eigenvalue weighted by Crippen LogP contribution is -2.41. The molecule has 5 heteroatoms. The van der Waals surface area contributed by atoms with Gasteiger partial charge in [0.25, 0.3) is 0 Å². The van der Waals surface area contributed by atoms with Crippen LogP contribution in [0.5, 0.6) is 0 Å².